The average Bonchev–Trinajstić information content (AvgIpc) is 2.77. The fourth-order valence-corrected chi connectivity index (χ4v) is 3.55. The van der Waals surface area contributed by atoms with Crippen molar-refractivity contribution in [3.63, 3.8) is 0 Å². The lowest BCUT2D eigenvalue weighted by molar-refractivity contribution is 0.0733. The molecule has 1 aliphatic heterocycles. The number of hydrogen-bond acceptors (Lipinski definition) is 4. The number of fused-ring (bicyclic) bond motifs is 1. The lowest BCUT2D eigenvalue weighted by atomic mass is 9.96. The maximum atomic E-state index is 13.5. The van der Waals surface area contributed by atoms with Crippen LogP contribution in [0.4, 0.5) is 4.39 Å². The fraction of sp³-hybridized carbons (Fsp3) is 0.182. The van der Waals surface area contributed by atoms with Crippen LogP contribution in [0.25, 0.3) is 0 Å². The zero-order valence-electron chi connectivity index (χ0n) is 16.0. The van der Waals surface area contributed by atoms with Crippen molar-refractivity contribution in [2.45, 2.75) is 19.5 Å². The molecule has 1 aromatic carbocycles. The highest BCUT2D eigenvalue weighted by atomic mass is 19.1. The Morgan fingerprint density at radius 3 is 2.83 bits per heavy atom. The van der Waals surface area contributed by atoms with E-state index in [-0.39, 0.29) is 30.1 Å². The van der Waals surface area contributed by atoms with E-state index in [4.69, 9.17) is 0 Å². The third kappa shape index (κ3) is 3.98. The lowest BCUT2D eigenvalue weighted by Crippen LogP contribution is -2.39. The molecule has 0 spiro atoms. The van der Waals surface area contributed by atoms with Gasteiger partial charge in [-0.15, -0.1) is 0 Å². The predicted molar refractivity (Wildman–Crippen MR) is 107 cm³/mol. The van der Waals surface area contributed by atoms with Gasteiger partial charge in [0, 0.05) is 31.0 Å². The maximum absolute atomic E-state index is 13.5. The third-order valence-corrected chi connectivity index (χ3v) is 5.03. The number of aromatic nitrogens is 2. The molecule has 0 radical (unpaired) electrons. The molecule has 7 nitrogen and oxygen atoms in total. The molecule has 0 atom stereocenters. The van der Waals surface area contributed by atoms with Crippen LogP contribution in [-0.2, 0) is 19.5 Å². The molecule has 4 rings (SSSR count). The molecule has 1 aliphatic rings. The Morgan fingerprint density at radius 1 is 1.20 bits per heavy atom. The van der Waals surface area contributed by atoms with E-state index in [9.17, 15) is 18.8 Å². The number of carbonyl (C=O) groups excluding carboxylic acids is 2. The third-order valence-electron chi connectivity index (χ3n) is 5.03. The molecule has 0 aliphatic carbocycles. The van der Waals surface area contributed by atoms with Gasteiger partial charge in [0.05, 0.1) is 12.2 Å². The Morgan fingerprint density at radius 2 is 2.07 bits per heavy atom. The van der Waals surface area contributed by atoms with Gasteiger partial charge in [-0.25, -0.2) is 4.39 Å². The molecule has 0 bridgehead atoms. The van der Waals surface area contributed by atoms with Crippen LogP contribution in [0.15, 0.2) is 59.7 Å². The molecular weight excluding hydrogens is 387 g/mol. The molecule has 2 amide bonds. The van der Waals surface area contributed by atoms with Gasteiger partial charge in [0.25, 0.3) is 17.4 Å². The van der Waals surface area contributed by atoms with Crippen molar-refractivity contribution in [3.8, 4) is 0 Å². The number of aromatic amines is 1. The number of pyridine rings is 2. The molecule has 0 saturated heterocycles. The smallest absolute Gasteiger partial charge is 0.261 e. The fourth-order valence-electron chi connectivity index (χ4n) is 3.55. The standard InChI is InChI=1S/C22H19FN4O3/c23-16-5-3-4-14(10-16)22(30)27-9-7-18-15(13-27)11-25-20(28)19(18)21(29)26-12-17-6-1-2-8-24-17/h1-6,8,10-11H,7,9,12-13H2,(H,25,28)(H,26,29). The van der Waals surface area contributed by atoms with E-state index in [2.05, 4.69) is 15.3 Å². The van der Waals surface area contributed by atoms with Crippen LogP contribution >= 0.6 is 0 Å². The normalized spacial score (nSPS) is 12.9. The van der Waals surface area contributed by atoms with Crippen molar-refractivity contribution in [2.75, 3.05) is 6.54 Å². The van der Waals surface area contributed by atoms with Gasteiger partial charge in [-0.2, -0.15) is 0 Å². The summed E-state index contributed by atoms with van der Waals surface area (Å²) < 4.78 is 13.5. The quantitative estimate of drug-likeness (QED) is 0.693. The van der Waals surface area contributed by atoms with Gasteiger partial charge in [-0.1, -0.05) is 12.1 Å². The van der Waals surface area contributed by atoms with E-state index < -0.39 is 17.3 Å². The second-order valence-electron chi connectivity index (χ2n) is 6.99. The van der Waals surface area contributed by atoms with Crippen molar-refractivity contribution < 1.29 is 14.0 Å². The summed E-state index contributed by atoms with van der Waals surface area (Å²) >= 11 is 0. The van der Waals surface area contributed by atoms with Crippen LogP contribution in [0.1, 0.15) is 37.5 Å². The summed E-state index contributed by atoms with van der Waals surface area (Å²) in [6.07, 6.45) is 3.51. The van der Waals surface area contributed by atoms with Crippen LogP contribution in [-0.4, -0.2) is 33.2 Å². The Hall–Kier alpha value is -3.81. The van der Waals surface area contributed by atoms with Gasteiger partial charge in [0.15, 0.2) is 0 Å². The summed E-state index contributed by atoms with van der Waals surface area (Å²) in [7, 11) is 0. The highest BCUT2D eigenvalue weighted by molar-refractivity contribution is 5.96. The van der Waals surface area contributed by atoms with Gasteiger partial charge < -0.3 is 15.2 Å². The molecule has 0 fully saturated rings. The topological polar surface area (TPSA) is 95.2 Å². The van der Waals surface area contributed by atoms with Gasteiger partial charge in [0.1, 0.15) is 11.4 Å². The summed E-state index contributed by atoms with van der Waals surface area (Å²) in [5, 5.41) is 2.73. The van der Waals surface area contributed by atoms with Gasteiger partial charge >= 0.3 is 0 Å². The average molecular weight is 406 g/mol. The first kappa shape index (κ1) is 19.5. The van der Waals surface area contributed by atoms with E-state index in [0.717, 1.165) is 0 Å². The number of nitrogens with zero attached hydrogens (tertiary/aromatic N) is 2. The molecule has 3 heterocycles. The Labute approximate surface area is 171 Å². The number of hydrogen-bond donors (Lipinski definition) is 2. The minimum Gasteiger partial charge on any atom is -0.346 e. The van der Waals surface area contributed by atoms with Gasteiger partial charge in [-0.3, -0.25) is 19.4 Å². The number of nitrogens with one attached hydrogen (secondary N) is 2. The Balaban J connectivity index is 1.54. The molecule has 2 N–H and O–H groups in total. The second-order valence-corrected chi connectivity index (χ2v) is 6.99. The van der Waals surface area contributed by atoms with E-state index in [1.54, 1.807) is 29.3 Å². The molecule has 0 saturated carbocycles. The van der Waals surface area contributed by atoms with Crippen molar-refractivity contribution in [1.29, 1.82) is 0 Å². The van der Waals surface area contributed by atoms with Gasteiger partial charge in [0.2, 0.25) is 0 Å². The molecule has 8 heteroatoms. The number of rotatable bonds is 4. The van der Waals surface area contributed by atoms with Crippen molar-refractivity contribution in [1.82, 2.24) is 20.2 Å². The number of amides is 2. The van der Waals surface area contributed by atoms with Crippen LogP contribution < -0.4 is 10.9 Å². The number of benzene rings is 1. The van der Waals surface area contributed by atoms with E-state index in [1.807, 2.05) is 6.07 Å². The summed E-state index contributed by atoms with van der Waals surface area (Å²) in [5.41, 5.74) is 1.84. The molecule has 2 aromatic heterocycles. The van der Waals surface area contributed by atoms with Crippen LogP contribution in [0.2, 0.25) is 0 Å². The van der Waals surface area contributed by atoms with E-state index >= 15 is 0 Å². The SMILES string of the molecule is O=C(NCc1ccccn1)c1c2c(c[nH]c1=O)CN(C(=O)c1cccc(F)c1)CC2. The van der Waals surface area contributed by atoms with Crippen LogP contribution in [0.5, 0.6) is 0 Å². The highest BCUT2D eigenvalue weighted by Crippen LogP contribution is 2.22. The number of carbonyl (C=O) groups is 2. The van der Waals surface area contributed by atoms with E-state index in [1.165, 1.54) is 24.4 Å². The zero-order valence-corrected chi connectivity index (χ0v) is 16.0. The van der Waals surface area contributed by atoms with Crippen LogP contribution in [0.3, 0.4) is 0 Å². The second kappa shape index (κ2) is 8.28. The minimum atomic E-state index is -0.483. The van der Waals surface area contributed by atoms with Crippen molar-refractivity contribution in [3.05, 3.63) is 99.0 Å². The highest BCUT2D eigenvalue weighted by Gasteiger charge is 2.27. The lowest BCUT2D eigenvalue weighted by Gasteiger charge is -2.29. The summed E-state index contributed by atoms with van der Waals surface area (Å²) in [5.74, 6) is -1.26. The number of halogens is 1. The largest absolute Gasteiger partial charge is 0.346 e. The first-order chi connectivity index (χ1) is 14.5. The molecule has 0 unspecified atom stereocenters. The Bertz CT molecular complexity index is 1160. The molecule has 3 aromatic rings. The maximum Gasteiger partial charge on any atom is 0.261 e. The minimum absolute atomic E-state index is 0.0567. The zero-order chi connectivity index (χ0) is 21.1. The van der Waals surface area contributed by atoms with Gasteiger partial charge in [-0.05, 0) is 47.9 Å². The first-order valence-electron chi connectivity index (χ1n) is 9.49. The molecular formula is C22H19FN4O3. The Kier molecular flexibility index (Phi) is 5.38. The van der Waals surface area contributed by atoms with E-state index in [0.29, 0.717) is 29.8 Å². The van der Waals surface area contributed by atoms with Crippen LogP contribution in [0, 0.1) is 5.82 Å². The summed E-state index contributed by atoms with van der Waals surface area (Å²) in [6, 6.07) is 10.9. The summed E-state index contributed by atoms with van der Waals surface area (Å²) in [6.45, 7) is 0.751. The molecule has 30 heavy (non-hydrogen) atoms. The number of H-pyrrole nitrogens is 1. The van der Waals surface area contributed by atoms with Crippen molar-refractivity contribution >= 4 is 11.8 Å². The predicted octanol–water partition coefficient (Wildman–Crippen LogP) is 2.04. The summed E-state index contributed by atoms with van der Waals surface area (Å²) in [4.78, 5) is 46.1. The monoisotopic (exact) mass is 406 g/mol. The van der Waals surface area contributed by atoms with Crippen molar-refractivity contribution in [2.24, 2.45) is 0 Å². The molecule has 152 valence electrons. The first-order valence-corrected chi connectivity index (χ1v) is 9.49.